The van der Waals surface area contributed by atoms with E-state index in [1.807, 2.05) is 24.3 Å². The number of ether oxygens (including phenoxy) is 1. The molecule has 110 valence electrons. The van der Waals surface area contributed by atoms with Gasteiger partial charge in [0.2, 0.25) is 0 Å². The fourth-order valence-electron chi connectivity index (χ4n) is 3.10. The van der Waals surface area contributed by atoms with Crippen molar-refractivity contribution in [3.05, 3.63) is 63.4 Å². The zero-order valence-corrected chi connectivity index (χ0v) is 13.3. The van der Waals surface area contributed by atoms with Crippen molar-refractivity contribution >= 4 is 15.9 Å². The van der Waals surface area contributed by atoms with Crippen LogP contribution in [0.1, 0.15) is 23.1 Å². The molecule has 2 aromatic carbocycles. The van der Waals surface area contributed by atoms with Crippen molar-refractivity contribution in [3.63, 3.8) is 0 Å². The summed E-state index contributed by atoms with van der Waals surface area (Å²) < 4.78 is 20.1. The summed E-state index contributed by atoms with van der Waals surface area (Å²) in [6.45, 7) is 0. The first kappa shape index (κ1) is 14.5. The van der Waals surface area contributed by atoms with Gasteiger partial charge in [-0.1, -0.05) is 28.1 Å². The lowest BCUT2D eigenvalue weighted by molar-refractivity contribution is 0.0383. The first-order valence-electron chi connectivity index (χ1n) is 6.86. The van der Waals surface area contributed by atoms with E-state index in [-0.39, 0.29) is 5.82 Å². The monoisotopic (exact) mass is 350 g/mol. The first-order chi connectivity index (χ1) is 10.0. The molecule has 0 radical (unpaired) electrons. The van der Waals surface area contributed by atoms with E-state index in [1.54, 1.807) is 13.2 Å². The Morgan fingerprint density at radius 2 is 2.14 bits per heavy atom. The second-order valence-electron chi connectivity index (χ2n) is 5.43. The van der Waals surface area contributed by atoms with Crippen molar-refractivity contribution < 1.29 is 14.2 Å². The van der Waals surface area contributed by atoms with Crippen molar-refractivity contribution in [2.45, 2.75) is 24.9 Å². The summed E-state index contributed by atoms with van der Waals surface area (Å²) in [6, 6.07) is 10.6. The largest absolute Gasteiger partial charge is 0.496 e. The molecular formula is C17H16BrFO2. The van der Waals surface area contributed by atoms with E-state index in [9.17, 15) is 9.50 Å². The Hall–Kier alpha value is -1.39. The number of hydrogen-bond acceptors (Lipinski definition) is 2. The Morgan fingerprint density at radius 3 is 2.90 bits per heavy atom. The Kier molecular flexibility index (Phi) is 3.76. The van der Waals surface area contributed by atoms with Gasteiger partial charge >= 0.3 is 0 Å². The number of hydrogen-bond donors (Lipinski definition) is 1. The van der Waals surface area contributed by atoms with Crippen molar-refractivity contribution in [1.82, 2.24) is 0 Å². The third-order valence-electron chi connectivity index (χ3n) is 4.13. The van der Waals surface area contributed by atoms with Gasteiger partial charge in [0.05, 0.1) is 12.7 Å². The summed E-state index contributed by atoms with van der Waals surface area (Å²) in [5.41, 5.74) is 1.20. The Balaban J connectivity index is 2.00. The quantitative estimate of drug-likeness (QED) is 0.907. The van der Waals surface area contributed by atoms with Crippen molar-refractivity contribution in [2.24, 2.45) is 0 Å². The number of rotatable bonds is 3. The van der Waals surface area contributed by atoms with Gasteiger partial charge in [0.15, 0.2) is 0 Å². The summed E-state index contributed by atoms with van der Waals surface area (Å²) in [5.74, 6) is 0.501. The standard InChI is InChI=1S/C17H16BrFO2/c1-21-16-6-5-12(18)9-11(16)10-17(20)8-7-13-14(17)3-2-4-15(13)19/h2-6,9,20H,7-8,10H2,1H3. The molecule has 1 N–H and O–H groups in total. The summed E-state index contributed by atoms with van der Waals surface area (Å²) in [7, 11) is 1.61. The lowest BCUT2D eigenvalue weighted by Gasteiger charge is -2.25. The molecule has 0 spiro atoms. The van der Waals surface area contributed by atoms with Gasteiger partial charge in [-0.3, -0.25) is 0 Å². The van der Waals surface area contributed by atoms with Crippen LogP contribution < -0.4 is 4.74 Å². The van der Waals surface area contributed by atoms with Gasteiger partial charge in [0.25, 0.3) is 0 Å². The number of methoxy groups -OCH3 is 1. The highest BCUT2D eigenvalue weighted by atomic mass is 79.9. The molecule has 0 saturated carbocycles. The van der Waals surface area contributed by atoms with Gasteiger partial charge in [-0.15, -0.1) is 0 Å². The predicted octanol–water partition coefficient (Wildman–Crippen LogP) is 3.97. The fraction of sp³-hybridized carbons (Fsp3) is 0.294. The highest BCUT2D eigenvalue weighted by Gasteiger charge is 2.38. The minimum atomic E-state index is -1.04. The van der Waals surface area contributed by atoms with Crippen LogP contribution in [-0.4, -0.2) is 12.2 Å². The van der Waals surface area contributed by atoms with E-state index in [2.05, 4.69) is 15.9 Å². The van der Waals surface area contributed by atoms with Crippen LogP contribution >= 0.6 is 15.9 Å². The SMILES string of the molecule is COc1ccc(Br)cc1CC1(O)CCc2c(F)cccc21. The number of fused-ring (bicyclic) bond motifs is 1. The predicted molar refractivity (Wildman–Crippen MR) is 83.0 cm³/mol. The fourth-order valence-corrected chi connectivity index (χ4v) is 3.51. The van der Waals surface area contributed by atoms with E-state index < -0.39 is 5.60 Å². The second-order valence-corrected chi connectivity index (χ2v) is 6.35. The number of aliphatic hydroxyl groups is 1. The molecule has 2 nitrogen and oxygen atoms in total. The molecule has 0 aromatic heterocycles. The zero-order valence-electron chi connectivity index (χ0n) is 11.7. The maximum atomic E-state index is 13.8. The van der Waals surface area contributed by atoms with Gasteiger partial charge in [-0.2, -0.15) is 0 Å². The second kappa shape index (κ2) is 5.43. The summed E-state index contributed by atoms with van der Waals surface area (Å²) in [4.78, 5) is 0. The molecule has 0 aliphatic heterocycles. The van der Waals surface area contributed by atoms with Gasteiger partial charge in [-0.05, 0) is 53.8 Å². The maximum absolute atomic E-state index is 13.8. The van der Waals surface area contributed by atoms with E-state index in [0.717, 1.165) is 15.8 Å². The smallest absolute Gasteiger partial charge is 0.126 e. The van der Waals surface area contributed by atoms with Crippen LogP contribution in [0.4, 0.5) is 4.39 Å². The Labute approximate surface area is 131 Å². The van der Waals surface area contributed by atoms with Gasteiger partial charge < -0.3 is 9.84 Å². The molecule has 1 unspecified atom stereocenters. The van der Waals surface area contributed by atoms with E-state index in [1.165, 1.54) is 6.07 Å². The molecular weight excluding hydrogens is 335 g/mol. The molecule has 0 amide bonds. The molecule has 0 fully saturated rings. The normalized spacial score (nSPS) is 20.4. The van der Waals surface area contributed by atoms with Crippen LogP contribution in [0.25, 0.3) is 0 Å². The average molecular weight is 351 g/mol. The lowest BCUT2D eigenvalue weighted by Crippen LogP contribution is -2.25. The van der Waals surface area contributed by atoms with Crippen LogP contribution in [0, 0.1) is 5.82 Å². The van der Waals surface area contributed by atoms with E-state index in [0.29, 0.717) is 30.4 Å². The van der Waals surface area contributed by atoms with Crippen molar-refractivity contribution in [1.29, 1.82) is 0 Å². The molecule has 3 rings (SSSR count). The lowest BCUT2D eigenvalue weighted by atomic mass is 9.88. The van der Waals surface area contributed by atoms with Crippen LogP contribution in [0.3, 0.4) is 0 Å². The summed E-state index contributed by atoms with van der Waals surface area (Å²) in [6.07, 6.45) is 1.50. The Bertz CT molecular complexity index is 686. The molecule has 0 heterocycles. The van der Waals surface area contributed by atoms with Crippen LogP contribution in [-0.2, 0) is 18.4 Å². The highest BCUT2D eigenvalue weighted by molar-refractivity contribution is 9.10. The molecule has 1 atom stereocenters. The average Bonchev–Trinajstić information content (AvgIpc) is 2.78. The number of benzene rings is 2. The van der Waals surface area contributed by atoms with E-state index in [4.69, 9.17) is 4.74 Å². The summed E-state index contributed by atoms with van der Waals surface area (Å²) >= 11 is 3.44. The molecule has 1 aliphatic rings. The molecule has 0 bridgehead atoms. The third-order valence-corrected chi connectivity index (χ3v) is 4.63. The van der Waals surface area contributed by atoms with Crippen molar-refractivity contribution in [2.75, 3.05) is 7.11 Å². The van der Waals surface area contributed by atoms with Crippen LogP contribution in [0.2, 0.25) is 0 Å². The molecule has 1 aliphatic carbocycles. The van der Waals surface area contributed by atoms with Crippen LogP contribution in [0.15, 0.2) is 40.9 Å². The van der Waals surface area contributed by atoms with Crippen LogP contribution in [0.5, 0.6) is 5.75 Å². The minimum absolute atomic E-state index is 0.232. The third kappa shape index (κ3) is 2.58. The highest BCUT2D eigenvalue weighted by Crippen LogP contribution is 2.42. The van der Waals surface area contributed by atoms with Gasteiger partial charge in [-0.25, -0.2) is 4.39 Å². The topological polar surface area (TPSA) is 29.5 Å². The van der Waals surface area contributed by atoms with Gasteiger partial charge in [0, 0.05) is 10.9 Å². The molecule has 4 heteroatoms. The Morgan fingerprint density at radius 1 is 1.33 bits per heavy atom. The summed E-state index contributed by atoms with van der Waals surface area (Å²) in [5, 5.41) is 11.0. The van der Waals surface area contributed by atoms with Gasteiger partial charge in [0.1, 0.15) is 11.6 Å². The molecule has 0 saturated heterocycles. The zero-order chi connectivity index (χ0) is 15.0. The first-order valence-corrected chi connectivity index (χ1v) is 7.65. The maximum Gasteiger partial charge on any atom is 0.126 e. The molecule has 2 aromatic rings. The number of halogens is 2. The van der Waals surface area contributed by atoms with Crippen molar-refractivity contribution in [3.8, 4) is 5.75 Å². The molecule has 21 heavy (non-hydrogen) atoms. The minimum Gasteiger partial charge on any atom is -0.496 e. The van der Waals surface area contributed by atoms with E-state index >= 15 is 0 Å².